The van der Waals surface area contributed by atoms with E-state index in [1.807, 2.05) is 0 Å². The Hall–Kier alpha value is -2.04. The van der Waals surface area contributed by atoms with Crippen molar-refractivity contribution in [1.82, 2.24) is 4.57 Å². The van der Waals surface area contributed by atoms with E-state index in [4.69, 9.17) is 28.5 Å². The third-order valence-electron chi connectivity index (χ3n) is 3.51. The quantitative estimate of drug-likeness (QED) is 0.507. The number of halogens is 10. The summed E-state index contributed by atoms with van der Waals surface area (Å²) in [4.78, 5) is -1.82. The number of hydrogen-bond acceptors (Lipinski definition) is 3. The van der Waals surface area contributed by atoms with Crippen LogP contribution in [0.25, 0.3) is 5.69 Å². The number of sulfone groups is 1. The summed E-state index contributed by atoms with van der Waals surface area (Å²) in [5.74, 6) is 0. The van der Waals surface area contributed by atoms with Crippen molar-refractivity contribution in [2.24, 2.45) is 0 Å². The normalized spacial score (nSPS) is 13.0. The van der Waals surface area contributed by atoms with E-state index >= 15 is 0 Å². The minimum Gasteiger partial charge on any atom is -0.310 e. The molecule has 1 aromatic heterocycles. The van der Waals surface area contributed by atoms with Gasteiger partial charge in [0, 0.05) is 6.20 Å². The summed E-state index contributed by atoms with van der Waals surface area (Å²) in [5.41, 5.74) is -11.3. The molecule has 1 aromatic carbocycles. The van der Waals surface area contributed by atoms with Gasteiger partial charge in [-0.15, -0.1) is 0 Å². The number of aromatic nitrogens is 1. The van der Waals surface area contributed by atoms with Crippen LogP contribution in [-0.2, 0) is 16.0 Å². The van der Waals surface area contributed by atoms with Crippen molar-refractivity contribution in [2.75, 3.05) is 0 Å². The minimum absolute atomic E-state index is 0.00320. The van der Waals surface area contributed by atoms with Crippen LogP contribution < -0.4 is 0 Å². The second-order valence-corrected chi connectivity index (χ2v) is 8.00. The van der Waals surface area contributed by atoms with E-state index in [-0.39, 0.29) is 22.9 Å². The van der Waals surface area contributed by atoms with Gasteiger partial charge in [-0.2, -0.15) is 31.6 Å². The molecule has 0 aliphatic carbocycles. The van der Waals surface area contributed by atoms with E-state index in [1.54, 1.807) is 0 Å². The van der Waals surface area contributed by atoms with Crippen molar-refractivity contribution in [1.29, 1.82) is 5.26 Å². The third-order valence-corrected chi connectivity index (χ3v) is 5.58. The molecule has 1 heterocycles. The van der Waals surface area contributed by atoms with Gasteiger partial charge in [-0.3, -0.25) is 0 Å². The molecule has 4 nitrogen and oxygen atoms in total. The number of nitrogens with zero attached hydrogens (tertiary/aromatic N) is 2. The molecule has 29 heavy (non-hydrogen) atoms. The predicted molar refractivity (Wildman–Crippen MR) is 83.7 cm³/mol. The zero-order valence-corrected chi connectivity index (χ0v) is 15.5. The van der Waals surface area contributed by atoms with Crippen LogP contribution in [0.15, 0.2) is 23.2 Å². The molecule has 0 N–H and O–H groups in total. The summed E-state index contributed by atoms with van der Waals surface area (Å²) in [6, 6.07) is 1.45. The molecule has 0 aliphatic heterocycles. The molecular weight excluding hydrogens is 483 g/mol. The van der Waals surface area contributed by atoms with Crippen molar-refractivity contribution in [3.05, 3.63) is 45.2 Å². The number of rotatable bonds is 3. The first-order valence-electron chi connectivity index (χ1n) is 6.85. The Morgan fingerprint density at radius 3 is 1.86 bits per heavy atom. The van der Waals surface area contributed by atoms with Gasteiger partial charge in [-0.25, -0.2) is 17.2 Å². The number of benzene rings is 1. The lowest BCUT2D eigenvalue weighted by Crippen LogP contribution is -2.23. The maximum absolute atomic E-state index is 13.5. The van der Waals surface area contributed by atoms with Gasteiger partial charge >= 0.3 is 11.7 Å². The highest BCUT2D eigenvalue weighted by Gasteiger charge is 2.50. The maximum Gasteiger partial charge on any atom is 0.502 e. The van der Waals surface area contributed by atoms with Crippen molar-refractivity contribution in [3.8, 4) is 11.8 Å². The van der Waals surface area contributed by atoms with Crippen LogP contribution in [-0.4, -0.2) is 18.5 Å². The Bertz CT molecular complexity index is 1090. The van der Waals surface area contributed by atoms with Crippen LogP contribution in [0.2, 0.25) is 10.0 Å². The van der Waals surface area contributed by atoms with Gasteiger partial charge < -0.3 is 4.57 Å². The first-order valence-corrected chi connectivity index (χ1v) is 9.09. The lowest BCUT2D eigenvalue weighted by molar-refractivity contribution is -0.137. The second-order valence-electron chi connectivity index (χ2n) is 5.27. The van der Waals surface area contributed by atoms with Gasteiger partial charge in [-0.1, -0.05) is 23.2 Å². The molecule has 0 unspecified atom stereocenters. The van der Waals surface area contributed by atoms with Gasteiger partial charge in [0.05, 0.1) is 26.9 Å². The smallest absolute Gasteiger partial charge is 0.310 e. The monoisotopic (exact) mass is 486 g/mol. The standard InChI is InChI=1S/C14H4Cl2F8N2O2S/c15-7-1-5(13(19,20)21)2-8(16)11(7)26-4-9(29(27,28)14(22,23)24)6(3-25)10(26)12(17)18/h1-2,4,12H. The Morgan fingerprint density at radius 2 is 1.52 bits per heavy atom. The molecule has 0 radical (unpaired) electrons. The number of nitriles is 1. The highest BCUT2D eigenvalue weighted by Crippen LogP contribution is 2.42. The molecule has 0 bridgehead atoms. The Morgan fingerprint density at radius 1 is 1.03 bits per heavy atom. The molecule has 2 rings (SSSR count). The van der Waals surface area contributed by atoms with Crippen LogP contribution in [0, 0.1) is 11.3 Å². The van der Waals surface area contributed by atoms with E-state index in [9.17, 15) is 43.5 Å². The summed E-state index contributed by atoms with van der Waals surface area (Å²) >= 11 is 11.3. The molecule has 15 heteroatoms. The van der Waals surface area contributed by atoms with Crippen LogP contribution in [0.4, 0.5) is 35.1 Å². The van der Waals surface area contributed by atoms with Crippen LogP contribution in [0.3, 0.4) is 0 Å². The van der Waals surface area contributed by atoms with E-state index in [0.29, 0.717) is 0 Å². The lowest BCUT2D eigenvalue weighted by Gasteiger charge is -2.15. The van der Waals surface area contributed by atoms with Gasteiger partial charge in [-0.05, 0) is 12.1 Å². The average molecular weight is 487 g/mol. The number of hydrogen-bond donors (Lipinski definition) is 0. The highest BCUT2D eigenvalue weighted by molar-refractivity contribution is 7.92. The molecule has 0 saturated carbocycles. The summed E-state index contributed by atoms with van der Waals surface area (Å²) < 4.78 is 127. The third kappa shape index (κ3) is 4.01. The van der Waals surface area contributed by atoms with Crippen LogP contribution >= 0.6 is 23.2 Å². The van der Waals surface area contributed by atoms with Gasteiger partial charge in [0.2, 0.25) is 0 Å². The average Bonchev–Trinajstić information content (AvgIpc) is 2.92. The molecule has 0 spiro atoms. The van der Waals surface area contributed by atoms with E-state index in [2.05, 4.69) is 0 Å². The predicted octanol–water partition coefficient (Wildman–Crippen LogP) is 5.91. The molecule has 0 fully saturated rings. The summed E-state index contributed by atoms with van der Waals surface area (Å²) in [7, 11) is -6.26. The van der Waals surface area contributed by atoms with Crippen molar-refractivity contribution in [2.45, 2.75) is 23.0 Å². The summed E-state index contributed by atoms with van der Waals surface area (Å²) in [6.07, 6.45) is -8.66. The fourth-order valence-corrected chi connectivity index (χ4v) is 3.88. The molecule has 0 atom stereocenters. The van der Waals surface area contributed by atoms with Crippen molar-refractivity contribution >= 4 is 33.0 Å². The van der Waals surface area contributed by atoms with Crippen LogP contribution in [0.1, 0.15) is 23.2 Å². The van der Waals surface area contributed by atoms with Gasteiger partial charge in [0.1, 0.15) is 16.7 Å². The zero-order valence-electron chi connectivity index (χ0n) is 13.2. The van der Waals surface area contributed by atoms with E-state index in [0.717, 1.165) is 6.07 Å². The lowest BCUT2D eigenvalue weighted by atomic mass is 10.2. The largest absolute Gasteiger partial charge is 0.502 e. The highest BCUT2D eigenvalue weighted by atomic mass is 35.5. The molecule has 0 saturated heterocycles. The second kappa shape index (κ2) is 7.33. The van der Waals surface area contributed by atoms with Crippen molar-refractivity contribution in [3.63, 3.8) is 0 Å². The van der Waals surface area contributed by atoms with E-state index < -0.39 is 65.4 Å². The molecule has 2 aromatic rings. The maximum atomic E-state index is 13.5. The fraction of sp³-hybridized carbons (Fsp3) is 0.214. The first-order chi connectivity index (χ1) is 13.0. The topological polar surface area (TPSA) is 62.9 Å². The van der Waals surface area contributed by atoms with Gasteiger partial charge in [0.15, 0.2) is 0 Å². The van der Waals surface area contributed by atoms with Gasteiger partial charge in [0.25, 0.3) is 16.3 Å². The minimum atomic E-state index is -6.26. The molecule has 158 valence electrons. The Balaban J connectivity index is 2.95. The molecule has 0 amide bonds. The Labute approximate surface area is 166 Å². The SMILES string of the molecule is N#Cc1c(S(=O)(=O)C(F)(F)F)cn(-c2c(Cl)cc(C(F)(F)F)cc2Cl)c1C(F)F. The van der Waals surface area contributed by atoms with E-state index in [1.165, 1.54) is 0 Å². The van der Waals surface area contributed by atoms with Crippen molar-refractivity contribution < 1.29 is 43.5 Å². The molecular formula is C14H4Cl2F8N2O2S. The summed E-state index contributed by atoms with van der Waals surface area (Å²) in [5, 5.41) is 7.13. The Kier molecular flexibility index (Phi) is 5.88. The molecule has 0 aliphatic rings. The number of alkyl halides is 8. The van der Waals surface area contributed by atoms with Crippen LogP contribution in [0.5, 0.6) is 0 Å². The zero-order chi connectivity index (χ0) is 22.5. The summed E-state index contributed by atoms with van der Waals surface area (Å²) in [6.45, 7) is 0. The first kappa shape index (κ1) is 23.2. The fourth-order valence-electron chi connectivity index (χ4n) is 2.30.